The van der Waals surface area contributed by atoms with Crippen LogP contribution in [0.15, 0.2) is 23.8 Å². The third-order valence-electron chi connectivity index (χ3n) is 5.16. The summed E-state index contributed by atoms with van der Waals surface area (Å²) in [5.74, 6) is 1.73. The lowest BCUT2D eigenvalue weighted by molar-refractivity contribution is -0.121. The minimum absolute atomic E-state index is 0.0565. The Balaban J connectivity index is 2.87. The fourth-order valence-corrected chi connectivity index (χ4v) is 2.68. The Morgan fingerprint density at radius 3 is 2.44 bits per heavy atom. The Morgan fingerprint density at radius 1 is 1.39 bits per heavy atom. The average Bonchev–Trinajstić information content (AvgIpc) is 2.31. The molecular weight excluding hydrogens is 220 g/mol. The highest BCUT2D eigenvalue weighted by atomic mass is 16.1. The second-order valence-corrected chi connectivity index (χ2v) is 6.61. The Morgan fingerprint density at radius 2 is 1.94 bits per heavy atom. The Hall–Kier alpha value is -0.850. The van der Waals surface area contributed by atoms with Crippen LogP contribution >= 0.6 is 0 Å². The molecule has 0 heterocycles. The predicted molar refractivity (Wildman–Crippen MR) is 78.4 cm³/mol. The first-order chi connectivity index (χ1) is 8.20. The molecule has 1 heteroatoms. The van der Waals surface area contributed by atoms with E-state index in [4.69, 9.17) is 0 Å². The van der Waals surface area contributed by atoms with Crippen molar-refractivity contribution in [3.05, 3.63) is 23.8 Å². The minimum Gasteiger partial charge on any atom is -0.295 e. The van der Waals surface area contributed by atoms with Crippen LogP contribution in [0.2, 0.25) is 0 Å². The zero-order valence-corrected chi connectivity index (χ0v) is 12.8. The SMILES string of the molecule is C=C1C(C)=CC(=O)C(C)C1(C)CC[C@@H](C)C(C)C. The predicted octanol–water partition coefficient (Wildman–Crippen LogP) is 4.79. The summed E-state index contributed by atoms with van der Waals surface area (Å²) in [5, 5.41) is 0. The Labute approximate surface area is 112 Å². The highest BCUT2D eigenvalue weighted by Crippen LogP contribution is 2.46. The van der Waals surface area contributed by atoms with E-state index in [1.807, 2.05) is 6.92 Å². The lowest BCUT2D eigenvalue weighted by Crippen LogP contribution is -2.36. The molecule has 1 nitrogen and oxygen atoms in total. The summed E-state index contributed by atoms with van der Waals surface area (Å²) in [7, 11) is 0. The van der Waals surface area contributed by atoms with Gasteiger partial charge in [0.2, 0.25) is 0 Å². The molecule has 18 heavy (non-hydrogen) atoms. The van der Waals surface area contributed by atoms with Crippen LogP contribution in [-0.2, 0) is 4.79 Å². The number of allylic oxidation sites excluding steroid dienone is 3. The van der Waals surface area contributed by atoms with E-state index in [0.29, 0.717) is 11.8 Å². The molecule has 102 valence electrons. The second kappa shape index (κ2) is 5.42. The highest BCUT2D eigenvalue weighted by molar-refractivity contribution is 5.95. The number of rotatable bonds is 4. The summed E-state index contributed by atoms with van der Waals surface area (Å²) >= 11 is 0. The van der Waals surface area contributed by atoms with Gasteiger partial charge in [0.25, 0.3) is 0 Å². The fourth-order valence-electron chi connectivity index (χ4n) is 2.68. The summed E-state index contributed by atoms with van der Waals surface area (Å²) in [6.45, 7) is 17.3. The van der Waals surface area contributed by atoms with E-state index < -0.39 is 0 Å². The van der Waals surface area contributed by atoms with Gasteiger partial charge in [-0.15, -0.1) is 0 Å². The van der Waals surface area contributed by atoms with Crippen molar-refractivity contribution in [2.75, 3.05) is 0 Å². The van der Waals surface area contributed by atoms with Crippen molar-refractivity contribution in [2.24, 2.45) is 23.2 Å². The number of hydrogen-bond acceptors (Lipinski definition) is 1. The molecule has 0 aromatic rings. The summed E-state index contributed by atoms with van der Waals surface area (Å²) in [4.78, 5) is 12.0. The molecule has 0 N–H and O–H groups in total. The molecule has 1 aliphatic carbocycles. The van der Waals surface area contributed by atoms with Crippen molar-refractivity contribution < 1.29 is 4.79 Å². The standard InChI is InChI=1S/C17H28O/c1-11(2)12(3)8-9-17(7)14(5)13(4)10-16(18)15(17)6/h10-12,15H,5,8-9H2,1-4,6-7H3/t12-,15?,17?/m1/s1. The van der Waals surface area contributed by atoms with Gasteiger partial charge in [-0.25, -0.2) is 0 Å². The van der Waals surface area contributed by atoms with E-state index in [2.05, 4.69) is 41.2 Å². The van der Waals surface area contributed by atoms with Gasteiger partial charge in [0.15, 0.2) is 5.78 Å². The van der Waals surface area contributed by atoms with Gasteiger partial charge in [-0.3, -0.25) is 4.79 Å². The van der Waals surface area contributed by atoms with Crippen LogP contribution in [-0.4, -0.2) is 5.78 Å². The molecule has 0 aromatic carbocycles. The molecule has 0 saturated carbocycles. The first-order valence-corrected chi connectivity index (χ1v) is 7.12. The zero-order chi connectivity index (χ0) is 14.1. The second-order valence-electron chi connectivity index (χ2n) is 6.61. The molecule has 0 amide bonds. The lowest BCUT2D eigenvalue weighted by atomic mass is 9.62. The topological polar surface area (TPSA) is 17.1 Å². The minimum atomic E-state index is -0.0565. The van der Waals surface area contributed by atoms with Gasteiger partial charge in [-0.2, -0.15) is 0 Å². The summed E-state index contributed by atoms with van der Waals surface area (Å²) in [6.07, 6.45) is 3.99. The molecule has 1 aliphatic rings. The molecule has 0 spiro atoms. The van der Waals surface area contributed by atoms with Crippen LogP contribution < -0.4 is 0 Å². The maximum Gasteiger partial charge on any atom is 0.159 e. The van der Waals surface area contributed by atoms with Crippen LogP contribution in [0.4, 0.5) is 0 Å². The third-order valence-corrected chi connectivity index (χ3v) is 5.16. The van der Waals surface area contributed by atoms with Gasteiger partial charge in [0.05, 0.1) is 0 Å². The van der Waals surface area contributed by atoms with Crippen LogP contribution in [0.1, 0.15) is 54.4 Å². The van der Waals surface area contributed by atoms with Crippen LogP contribution in [0.3, 0.4) is 0 Å². The summed E-state index contributed by atoms with van der Waals surface area (Å²) in [5.41, 5.74) is 2.17. The molecule has 0 aromatic heterocycles. The van der Waals surface area contributed by atoms with Crippen molar-refractivity contribution in [3.63, 3.8) is 0 Å². The largest absolute Gasteiger partial charge is 0.295 e. The zero-order valence-electron chi connectivity index (χ0n) is 12.8. The fraction of sp³-hybridized carbons (Fsp3) is 0.706. The van der Waals surface area contributed by atoms with Gasteiger partial charge < -0.3 is 0 Å². The molecule has 0 fully saturated rings. The molecule has 1 rings (SSSR count). The Kier molecular flexibility index (Phi) is 4.58. The van der Waals surface area contributed by atoms with Crippen LogP contribution in [0.5, 0.6) is 0 Å². The van der Waals surface area contributed by atoms with E-state index in [0.717, 1.165) is 24.0 Å². The molecule has 2 unspecified atom stereocenters. The smallest absolute Gasteiger partial charge is 0.159 e. The van der Waals surface area contributed by atoms with Crippen LogP contribution in [0, 0.1) is 23.2 Å². The normalized spacial score (nSPS) is 30.6. The lowest BCUT2D eigenvalue weighted by Gasteiger charge is -2.41. The van der Waals surface area contributed by atoms with Gasteiger partial charge in [0, 0.05) is 11.3 Å². The van der Waals surface area contributed by atoms with Crippen molar-refractivity contribution in [1.82, 2.24) is 0 Å². The van der Waals surface area contributed by atoms with Crippen molar-refractivity contribution in [2.45, 2.75) is 54.4 Å². The van der Waals surface area contributed by atoms with Crippen molar-refractivity contribution in [3.8, 4) is 0 Å². The molecule has 0 aliphatic heterocycles. The maximum atomic E-state index is 12.0. The number of hydrogen-bond donors (Lipinski definition) is 0. The quantitative estimate of drug-likeness (QED) is 0.699. The maximum absolute atomic E-state index is 12.0. The van der Waals surface area contributed by atoms with E-state index in [1.165, 1.54) is 0 Å². The van der Waals surface area contributed by atoms with Crippen molar-refractivity contribution >= 4 is 5.78 Å². The number of carbonyl (C=O) groups is 1. The van der Waals surface area contributed by atoms with E-state index in [9.17, 15) is 4.79 Å². The van der Waals surface area contributed by atoms with Gasteiger partial charge in [-0.1, -0.05) is 41.2 Å². The van der Waals surface area contributed by atoms with E-state index in [1.54, 1.807) is 6.08 Å². The summed E-state index contributed by atoms with van der Waals surface area (Å²) < 4.78 is 0. The average molecular weight is 248 g/mol. The molecule has 0 bridgehead atoms. The Bertz CT molecular complexity index is 375. The molecule has 3 atom stereocenters. The van der Waals surface area contributed by atoms with Gasteiger partial charge >= 0.3 is 0 Å². The number of ketones is 1. The van der Waals surface area contributed by atoms with Gasteiger partial charge in [-0.05, 0) is 48.8 Å². The molecule has 0 radical (unpaired) electrons. The first kappa shape index (κ1) is 15.2. The van der Waals surface area contributed by atoms with E-state index in [-0.39, 0.29) is 17.1 Å². The number of carbonyl (C=O) groups excluding carboxylic acids is 1. The van der Waals surface area contributed by atoms with Crippen molar-refractivity contribution in [1.29, 1.82) is 0 Å². The van der Waals surface area contributed by atoms with Gasteiger partial charge in [0.1, 0.15) is 0 Å². The van der Waals surface area contributed by atoms with Crippen LogP contribution in [0.25, 0.3) is 0 Å². The van der Waals surface area contributed by atoms with E-state index >= 15 is 0 Å². The third kappa shape index (κ3) is 2.76. The molecular formula is C17H28O. The highest BCUT2D eigenvalue weighted by Gasteiger charge is 2.40. The molecule has 0 saturated heterocycles. The first-order valence-electron chi connectivity index (χ1n) is 7.12. The monoisotopic (exact) mass is 248 g/mol. The summed E-state index contributed by atoms with van der Waals surface area (Å²) in [6, 6.07) is 0.